The number of ether oxygens (including phenoxy) is 1. The Morgan fingerprint density at radius 1 is 1.03 bits per heavy atom. The SMILES string of the molecule is CNc1c(-c2ccc(-c3ccc(C4(C(=O)OC)CC4)cc3)cc2)nn2cccnc12. The van der Waals surface area contributed by atoms with Crippen LogP contribution in [0.2, 0.25) is 0 Å². The van der Waals surface area contributed by atoms with E-state index in [1.165, 1.54) is 7.11 Å². The first kappa shape index (κ1) is 18.4. The summed E-state index contributed by atoms with van der Waals surface area (Å²) in [6, 6.07) is 18.4. The Balaban J connectivity index is 1.44. The number of hydrogen-bond acceptors (Lipinski definition) is 5. The molecular weight excluding hydrogens is 376 g/mol. The van der Waals surface area contributed by atoms with Gasteiger partial charge in [0.1, 0.15) is 11.4 Å². The molecule has 1 saturated carbocycles. The first-order valence-corrected chi connectivity index (χ1v) is 9.97. The van der Waals surface area contributed by atoms with E-state index in [0.29, 0.717) is 0 Å². The van der Waals surface area contributed by atoms with Crippen LogP contribution in [-0.4, -0.2) is 34.7 Å². The molecule has 0 atom stereocenters. The van der Waals surface area contributed by atoms with Crippen molar-refractivity contribution in [3.8, 4) is 22.4 Å². The second-order valence-electron chi connectivity index (χ2n) is 7.59. The average Bonchev–Trinajstić information content (AvgIpc) is 3.53. The molecule has 4 aromatic rings. The second-order valence-corrected chi connectivity index (χ2v) is 7.59. The van der Waals surface area contributed by atoms with Crippen LogP contribution in [-0.2, 0) is 14.9 Å². The summed E-state index contributed by atoms with van der Waals surface area (Å²) in [6.45, 7) is 0. The number of fused-ring (bicyclic) bond motifs is 1. The van der Waals surface area contributed by atoms with E-state index in [0.717, 1.165) is 52.1 Å². The molecule has 0 saturated heterocycles. The molecule has 1 aliphatic rings. The van der Waals surface area contributed by atoms with Gasteiger partial charge in [0, 0.05) is 25.0 Å². The third-order valence-electron chi connectivity index (χ3n) is 5.90. The van der Waals surface area contributed by atoms with Crippen LogP contribution < -0.4 is 5.32 Å². The highest BCUT2D eigenvalue weighted by Crippen LogP contribution is 2.49. The second kappa shape index (κ2) is 6.99. The van der Waals surface area contributed by atoms with Crippen molar-refractivity contribution in [2.24, 2.45) is 0 Å². The van der Waals surface area contributed by atoms with E-state index in [4.69, 9.17) is 4.74 Å². The fourth-order valence-corrected chi connectivity index (χ4v) is 4.05. The van der Waals surface area contributed by atoms with Crippen molar-refractivity contribution in [2.45, 2.75) is 18.3 Å². The van der Waals surface area contributed by atoms with Crippen LogP contribution >= 0.6 is 0 Å². The van der Waals surface area contributed by atoms with Crippen molar-refractivity contribution < 1.29 is 9.53 Å². The Morgan fingerprint density at radius 2 is 1.67 bits per heavy atom. The van der Waals surface area contributed by atoms with E-state index in [9.17, 15) is 4.79 Å². The third kappa shape index (κ3) is 2.84. The van der Waals surface area contributed by atoms with E-state index in [1.807, 2.05) is 31.4 Å². The van der Waals surface area contributed by atoms with Gasteiger partial charge < -0.3 is 10.1 Å². The molecule has 6 nitrogen and oxygen atoms in total. The van der Waals surface area contributed by atoms with Crippen LogP contribution in [0.1, 0.15) is 18.4 Å². The molecule has 0 amide bonds. The number of rotatable bonds is 5. The zero-order valence-electron chi connectivity index (χ0n) is 16.9. The van der Waals surface area contributed by atoms with Gasteiger partial charge in [0.15, 0.2) is 5.65 Å². The number of carbonyl (C=O) groups is 1. The minimum atomic E-state index is -0.433. The van der Waals surface area contributed by atoms with E-state index >= 15 is 0 Å². The van der Waals surface area contributed by atoms with Crippen LogP contribution in [0.5, 0.6) is 0 Å². The molecule has 0 aliphatic heterocycles. The minimum absolute atomic E-state index is 0.137. The van der Waals surface area contributed by atoms with Gasteiger partial charge in [-0.3, -0.25) is 4.79 Å². The number of methoxy groups -OCH3 is 1. The summed E-state index contributed by atoms with van der Waals surface area (Å²) in [5.74, 6) is -0.137. The van der Waals surface area contributed by atoms with Gasteiger partial charge >= 0.3 is 5.97 Å². The Hall–Kier alpha value is -3.67. The number of nitrogens with one attached hydrogen (secondary N) is 1. The number of anilines is 1. The summed E-state index contributed by atoms with van der Waals surface area (Å²) in [5, 5.41) is 7.89. The van der Waals surface area contributed by atoms with Gasteiger partial charge in [-0.2, -0.15) is 5.10 Å². The van der Waals surface area contributed by atoms with Gasteiger partial charge in [-0.05, 0) is 35.6 Å². The first-order chi connectivity index (χ1) is 14.7. The summed E-state index contributed by atoms with van der Waals surface area (Å²) < 4.78 is 6.77. The summed E-state index contributed by atoms with van der Waals surface area (Å²) in [5.41, 5.74) is 6.42. The van der Waals surface area contributed by atoms with Gasteiger partial charge in [0.25, 0.3) is 0 Å². The zero-order chi connectivity index (χ0) is 20.7. The van der Waals surface area contributed by atoms with Crippen molar-refractivity contribution in [1.29, 1.82) is 0 Å². The maximum Gasteiger partial charge on any atom is 0.316 e. The minimum Gasteiger partial charge on any atom is -0.468 e. The molecule has 0 spiro atoms. The lowest BCUT2D eigenvalue weighted by Crippen LogP contribution is -2.21. The Bertz CT molecular complexity index is 1220. The third-order valence-corrected chi connectivity index (χ3v) is 5.90. The number of carbonyl (C=O) groups excluding carboxylic acids is 1. The number of hydrogen-bond donors (Lipinski definition) is 1. The molecule has 1 N–H and O–H groups in total. The molecule has 0 unspecified atom stereocenters. The standard InChI is InChI=1S/C24H22N4O2/c1-25-21-20(27-28-15-3-14-26-22(21)28)18-6-4-16(5-7-18)17-8-10-19(11-9-17)24(12-13-24)23(29)30-2/h3-11,14-15,25H,12-13H2,1-2H3. The Morgan fingerprint density at radius 3 is 2.27 bits per heavy atom. The van der Waals surface area contributed by atoms with Crippen LogP contribution in [0, 0.1) is 0 Å². The van der Waals surface area contributed by atoms with E-state index in [1.54, 1.807) is 10.7 Å². The normalized spacial score (nSPS) is 14.5. The highest BCUT2D eigenvalue weighted by molar-refractivity contribution is 5.87. The molecule has 30 heavy (non-hydrogen) atoms. The quantitative estimate of drug-likeness (QED) is 0.508. The lowest BCUT2D eigenvalue weighted by molar-refractivity contribution is -0.143. The lowest BCUT2D eigenvalue weighted by atomic mass is 9.93. The molecule has 5 rings (SSSR count). The van der Waals surface area contributed by atoms with E-state index < -0.39 is 5.41 Å². The van der Waals surface area contributed by atoms with Crippen molar-refractivity contribution in [1.82, 2.24) is 14.6 Å². The number of nitrogens with zero attached hydrogens (tertiary/aromatic N) is 3. The van der Waals surface area contributed by atoms with Crippen molar-refractivity contribution in [3.05, 3.63) is 72.6 Å². The summed E-state index contributed by atoms with van der Waals surface area (Å²) in [4.78, 5) is 16.5. The molecule has 150 valence electrons. The van der Waals surface area contributed by atoms with E-state index in [-0.39, 0.29) is 5.97 Å². The molecular formula is C24H22N4O2. The smallest absolute Gasteiger partial charge is 0.316 e. The zero-order valence-corrected chi connectivity index (χ0v) is 16.9. The maximum absolute atomic E-state index is 12.1. The molecule has 0 bridgehead atoms. The first-order valence-electron chi connectivity index (χ1n) is 9.97. The van der Waals surface area contributed by atoms with Crippen LogP contribution in [0.3, 0.4) is 0 Å². The molecule has 1 aliphatic carbocycles. The van der Waals surface area contributed by atoms with Crippen molar-refractivity contribution >= 4 is 17.3 Å². The molecule has 2 heterocycles. The van der Waals surface area contributed by atoms with Gasteiger partial charge in [-0.15, -0.1) is 0 Å². The van der Waals surface area contributed by atoms with Crippen molar-refractivity contribution in [3.63, 3.8) is 0 Å². The van der Waals surface area contributed by atoms with Crippen molar-refractivity contribution in [2.75, 3.05) is 19.5 Å². The fraction of sp³-hybridized carbons (Fsp3) is 0.208. The van der Waals surface area contributed by atoms with Gasteiger partial charge in [-0.25, -0.2) is 9.50 Å². The van der Waals surface area contributed by atoms with Crippen LogP contribution in [0.15, 0.2) is 67.0 Å². The summed E-state index contributed by atoms with van der Waals surface area (Å²) in [7, 11) is 3.34. The Labute approximate surface area is 174 Å². The number of benzene rings is 2. The fourth-order valence-electron chi connectivity index (χ4n) is 4.05. The number of esters is 1. The number of aromatic nitrogens is 3. The largest absolute Gasteiger partial charge is 0.468 e. The van der Waals surface area contributed by atoms with Gasteiger partial charge in [0.05, 0.1) is 12.5 Å². The topological polar surface area (TPSA) is 68.5 Å². The molecule has 1 fully saturated rings. The van der Waals surface area contributed by atoms with E-state index in [2.05, 4.69) is 51.8 Å². The molecule has 2 aromatic carbocycles. The summed E-state index contributed by atoms with van der Waals surface area (Å²) in [6.07, 6.45) is 5.37. The molecule has 6 heteroatoms. The molecule has 2 aromatic heterocycles. The highest BCUT2D eigenvalue weighted by Gasteiger charge is 2.52. The maximum atomic E-state index is 12.1. The van der Waals surface area contributed by atoms with Crippen LogP contribution in [0.25, 0.3) is 28.0 Å². The van der Waals surface area contributed by atoms with Crippen LogP contribution in [0.4, 0.5) is 5.69 Å². The van der Waals surface area contributed by atoms with Gasteiger partial charge in [-0.1, -0.05) is 48.5 Å². The Kier molecular flexibility index (Phi) is 4.28. The summed E-state index contributed by atoms with van der Waals surface area (Å²) >= 11 is 0. The highest BCUT2D eigenvalue weighted by atomic mass is 16.5. The lowest BCUT2D eigenvalue weighted by Gasteiger charge is -2.13. The average molecular weight is 398 g/mol. The van der Waals surface area contributed by atoms with Gasteiger partial charge in [0.2, 0.25) is 0 Å². The predicted octanol–water partition coefficient (Wildman–Crippen LogP) is 4.31. The predicted molar refractivity (Wildman–Crippen MR) is 116 cm³/mol. The molecule has 0 radical (unpaired) electrons. The monoisotopic (exact) mass is 398 g/mol.